The normalized spacial score (nSPS) is 24.1. The van der Waals surface area contributed by atoms with Gasteiger partial charge in [-0.15, -0.1) is 0 Å². The van der Waals surface area contributed by atoms with Gasteiger partial charge in [0.15, 0.2) is 11.9 Å². The number of ether oxygens (including phenoxy) is 6. The zero-order valence-corrected chi connectivity index (χ0v) is 23.0. The number of hydrogen-bond donors (Lipinski definition) is 2. The van der Waals surface area contributed by atoms with Crippen LogP contribution in [0.2, 0.25) is 0 Å². The molecule has 1 aromatic carbocycles. The van der Waals surface area contributed by atoms with E-state index in [0.29, 0.717) is 5.56 Å². The summed E-state index contributed by atoms with van der Waals surface area (Å²) in [6, 6.07) is 8.49. The Hall–Kier alpha value is -3.22. The zero-order chi connectivity index (χ0) is 28.3. The first-order valence-electron chi connectivity index (χ1n) is 12.3. The van der Waals surface area contributed by atoms with Crippen molar-refractivity contribution in [1.29, 1.82) is 0 Å². The van der Waals surface area contributed by atoms with Crippen LogP contribution in [0.15, 0.2) is 35.3 Å². The van der Waals surface area contributed by atoms with E-state index in [0.717, 1.165) is 0 Å². The molecule has 0 spiro atoms. The van der Waals surface area contributed by atoms with E-state index in [9.17, 15) is 14.4 Å². The van der Waals surface area contributed by atoms with E-state index in [4.69, 9.17) is 28.4 Å². The van der Waals surface area contributed by atoms with Crippen LogP contribution in [0.4, 0.5) is 9.59 Å². The summed E-state index contributed by atoms with van der Waals surface area (Å²) in [4.78, 5) is 41.7. The number of rotatable bonds is 4. The second-order valence-electron chi connectivity index (χ2n) is 11.3. The minimum absolute atomic E-state index is 0.0824. The molecule has 2 N–H and O–H groups in total. The molecule has 2 saturated heterocycles. The lowest BCUT2D eigenvalue weighted by Crippen LogP contribution is -2.47. The Morgan fingerprint density at radius 2 is 1.42 bits per heavy atom. The molecule has 210 valence electrons. The highest BCUT2D eigenvalue weighted by Crippen LogP contribution is 2.39. The van der Waals surface area contributed by atoms with Gasteiger partial charge in [-0.25, -0.2) is 19.4 Å². The number of amides is 2. The zero-order valence-electron chi connectivity index (χ0n) is 23.0. The Balaban J connectivity index is 1.76. The molecular formula is C26H37N3O9. The second-order valence-corrected chi connectivity index (χ2v) is 11.3. The fraction of sp³-hybridized carbons (Fsp3) is 0.615. The minimum atomic E-state index is -1.06. The molecule has 2 amide bonds. The maximum atomic E-state index is 12.6. The van der Waals surface area contributed by atoms with Crippen LogP contribution in [0.1, 0.15) is 65.7 Å². The summed E-state index contributed by atoms with van der Waals surface area (Å²) < 4.78 is 34.0. The molecule has 12 nitrogen and oxygen atoms in total. The molecule has 2 fully saturated rings. The number of nitrogens with zero attached hydrogens (tertiary/aromatic N) is 1. The monoisotopic (exact) mass is 535 g/mol. The van der Waals surface area contributed by atoms with Gasteiger partial charge in [-0.1, -0.05) is 18.2 Å². The molecule has 0 saturated carbocycles. The van der Waals surface area contributed by atoms with E-state index in [1.807, 2.05) is 0 Å². The summed E-state index contributed by atoms with van der Waals surface area (Å²) >= 11 is 0. The number of benzene rings is 1. The first-order valence-corrected chi connectivity index (χ1v) is 12.3. The molecule has 0 unspecified atom stereocenters. The van der Waals surface area contributed by atoms with Gasteiger partial charge in [-0.05, 0) is 67.5 Å². The van der Waals surface area contributed by atoms with Crippen LogP contribution in [0.25, 0.3) is 0 Å². The van der Waals surface area contributed by atoms with Crippen molar-refractivity contribution in [3.63, 3.8) is 0 Å². The first-order chi connectivity index (χ1) is 17.5. The third-order valence-corrected chi connectivity index (χ3v) is 5.01. The number of alkyl carbamates (subject to hydrolysis) is 2. The Bertz CT molecular complexity index is 1010. The molecule has 12 heteroatoms. The lowest BCUT2D eigenvalue weighted by atomic mass is 10.1. The van der Waals surface area contributed by atoms with Gasteiger partial charge >= 0.3 is 18.2 Å². The van der Waals surface area contributed by atoms with Gasteiger partial charge in [-0.2, -0.15) is 0 Å². The Kier molecular flexibility index (Phi) is 8.69. The molecule has 0 radical (unpaired) electrons. The third kappa shape index (κ3) is 8.67. The highest BCUT2D eigenvalue weighted by atomic mass is 16.8. The fourth-order valence-corrected chi connectivity index (χ4v) is 3.72. The van der Waals surface area contributed by atoms with Gasteiger partial charge in [-0.3, -0.25) is 10.6 Å². The number of esters is 1. The van der Waals surface area contributed by atoms with Gasteiger partial charge in [0, 0.05) is 0 Å². The highest BCUT2D eigenvalue weighted by Gasteiger charge is 2.56. The molecule has 2 heterocycles. The SMILES string of the molecule is CC(C)(C)OC(=O)NC(=NC[C@H]1O[C@@H](OC(=O)c2ccccc2)[C@@H]2OC(C)(C)O[C@@H]21)NC(=O)OC(C)(C)C. The van der Waals surface area contributed by atoms with Crippen LogP contribution in [0.5, 0.6) is 0 Å². The molecule has 2 aliphatic rings. The first kappa shape index (κ1) is 29.3. The van der Waals surface area contributed by atoms with Crippen LogP contribution in [-0.2, 0) is 28.4 Å². The van der Waals surface area contributed by atoms with Crippen molar-refractivity contribution >= 4 is 24.1 Å². The molecule has 2 aliphatic heterocycles. The minimum Gasteiger partial charge on any atom is -0.444 e. The Morgan fingerprint density at radius 3 is 1.95 bits per heavy atom. The third-order valence-electron chi connectivity index (χ3n) is 5.01. The average Bonchev–Trinajstić information content (AvgIpc) is 3.23. The Morgan fingerprint density at radius 1 is 0.895 bits per heavy atom. The lowest BCUT2D eigenvalue weighted by Gasteiger charge is -2.24. The van der Waals surface area contributed by atoms with Crippen molar-refractivity contribution in [1.82, 2.24) is 10.6 Å². The van der Waals surface area contributed by atoms with Crippen LogP contribution in [-0.4, -0.2) is 72.3 Å². The molecule has 0 aliphatic carbocycles. The van der Waals surface area contributed by atoms with Crippen LogP contribution >= 0.6 is 0 Å². The van der Waals surface area contributed by atoms with Gasteiger partial charge in [0.1, 0.15) is 23.4 Å². The predicted octanol–water partition coefficient (Wildman–Crippen LogP) is 3.49. The van der Waals surface area contributed by atoms with E-state index < -0.39 is 59.7 Å². The number of guanidine groups is 1. The lowest BCUT2D eigenvalue weighted by molar-refractivity contribution is -0.218. The Labute approximate surface area is 222 Å². The number of fused-ring (bicyclic) bond motifs is 1. The standard InChI is InChI=1S/C26H37N3O9/c1-24(2,3)37-22(31)28-21(29-23(32)38-25(4,5)6)27-14-16-17-18(36-26(7,8)35-17)20(33-16)34-19(30)15-12-10-9-11-13-15/h9-13,16-18,20H,14H2,1-8H3,(H2,27,28,29,31,32)/t16-,17-,18-,20+/m1/s1. The number of carbonyl (C=O) groups excluding carboxylic acids is 3. The van der Waals surface area contributed by atoms with Crippen molar-refractivity contribution < 1.29 is 42.8 Å². The van der Waals surface area contributed by atoms with Crippen molar-refractivity contribution in [2.45, 2.75) is 97.0 Å². The number of hydrogen-bond acceptors (Lipinski definition) is 10. The molecule has 1 aromatic rings. The summed E-state index contributed by atoms with van der Waals surface area (Å²) in [5.41, 5.74) is -1.20. The largest absolute Gasteiger partial charge is 0.444 e. The molecule has 38 heavy (non-hydrogen) atoms. The summed E-state index contributed by atoms with van der Waals surface area (Å²) in [5, 5.41) is 4.84. The topological polar surface area (TPSA) is 143 Å². The van der Waals surface area contributed by atoms with E-state index in [1.165, 1.54) is 0 Å². The predicted molar refractivity (Wildman–Crippen MR) is 135 cm³/mol. The smallest absolute Gasteiger partial charge is 0.414 e. The van der Waals surface area contributed by atoms with Crippen molar-refractivity contribution in [3.8, 4) is 0 Å². The maximum Gasteiger partial charge on any atom is 0.414 e. The average molecular weight is 536 g/mol. The second kappa shape index (κ2) is 11.3. The molecule has 0 bridgehead atoms. The summed E-state index contributed by atoms with van der Waals surface area (Å²) in [5.74, 6) is -1.74. The molecule has 0 aromatic heterocycles. The van der Waals surface area contributed by atoms with Crippen molar-refractivity contribution in [2.24, 2.45) is 4.99 Å². The van der Waals surface area contributed by atoms with Crippen molar-refractivity contribution in [2.75, 3.05) is 6.54 Å². The molecule has 3 rings (SSSR count). The molecular weight excluding hydrogens is 498 g/mol. The number of carbonyl (C=O) groups is 3. The maximum absolute atomic E-state index is 12.6. The van der Waals surface area contributed by atoms with E-state index >= 15 is 0 Å². The van der Waals surface area contributed by atoms with Crippen molar-refractivity contribution in [3.05, 3.63) is 35.9 Å². The molecule has 4 atom stereocenters. The summed E-state index contributed by atoms with van der Waals surface area (Å²) in [6.45, 7) is 13.6. The van der Waals surface area contributed by atoms with Crippen LogP contribution in [0.3, 0.4) is 0 Å². The van der Waals surface area contributed by atoms with Gasteiger partial charge in [0.25, 0.3) is 0 Å². The van der Waals surface area contributed by atoms with E-state index in [2.05, 4.69) is 15.6 Å². The highest BCUT2D eigenvalue weighted by molar-refractivity contribution is 6.01. The van der Waals surface area contributed by atoms with Gasteiger partial charge in [0.05, 0.1) is 12.1 Å². The number of aliphatic imine (C=N–C) groups is 1. The van der Waals surface area contributed by atoms with Crippen LogP contribution in [0, 0.1) is 0 Å². The fourth-order valence-electron chi connectivity index (χ4n) is 3.72. The van der Waals surface area contributed by atoms with E-state index in [1.54, 1.807) is 85.7 Å². The summed E-state index contributed by atoms with van der Waals surface area (Å²) in [7, 11) is 0. The number of nitrogens with one attached hydrogen (secondary N) is 2. The summed E-state index contributed by atoms with van der Waals surface area (Å²) in [6.07, 6.45) is -4.78. The quantitative estimate of drug-likeness (QED) is 0.256. The van der Waals surface area contributed by atoms with E-state index in [-0.39, 0.29) is 12.5 Å². The van der Waals surface area contributed by atoms with Gasteiger partial charge in [0.2, 0.25) is 12.2 Å². The van der Waals surface area contributed by atoms with Crippen LogP contribution < -0.4 is 10.6 Å². The van der Waals surface area contributed by atoms with Gasteiger partial charge < -0.3 is 28.4 Å².